The van der Waals surface area contributed by atoms with Crippen molar-refractivity contribution >= 4 is 0 Å². The van der Waals surface area contributed by atoms with E-state index in [1.807, 2.05) is 12.1 Å². The first-order valence-corrected chi connectivity index (χ1v) is 9.46. The van der Waals surface area contributed by atoms with Gasteiger partial charge in [0.1, 0.15) is 5.82 Å². The Morgan fingerprint density at radius 1 is 0.840 bits per heavy atom. The molecule has 0 N–H and O–H groups in total. The van der Waals surface area contributed by atoms with Crippen molar-refractivity contribution in [3.8, 4) is 11.1 Å². The third kappa shape index (κ3) is 4.90. The molecule has 1 heterocycles. The van der Waals surface area contributed by atoms with E-state index >= 15 is 0 Å². The van der Waals surface area contributed by atoms with Crippen LogP contribution in [0.3, 0.4) is 0 Å². The van der Waals surface area contributed by atoms with Gasteiger partial charge >= 0.3 is 0 Å². The van der Waals surface area contributed by atoms with E-state index in [9.17, 15) is 4.39 Å². The Morgan fingerprint density at radius 3 is 1.92 bits per heavy atom. The molecule has 0 bridgehead atoms. The van der Waals surface area contributed by atoms with Crippen molar-refractivity contribution in [1.29, 1.82) is 0 Å². The average molecular weight is 340 g/mol. The van der Waals surface area contributed by atoms with E-state index in [-0.39, 0.29) is 5.82 Å². The Morgan fingerprint density at radius 2 is 1.36 bits per heavy atom. The van der Waals surface area contributed by atoms with E-state index in [0.29, 0.717) is 5.92 Å². The molecule has 2 aromatic carbocycles. The van der Waals surface area contributed by atoms with Crippen molar-refractivity contribution in [2.75, 3.05) is 39.3 Å². The van der Waals surface area contributed by atoms with Gasteiger partial charge in [-0.3, -0.25) is 0 Å². The highest BCUT2D eigenvalue weighted by Crippen LogP contribution is 2.25. The number of rotatable bonds is 6. The van der Waals surface area contributed by atoms with Crippen LogP contribution >= 0.6 is 0 Å². The molecule has 1 atom stereocenters. The largest absolute Gasteiger partial charge is 0.301 e. The first-order valence-electron chi connectivity index (χ1n) is 9.46. The number of hydrogen-bond donors (Lipinski definition) is 0. The lowest BCUT2D eigenvalue weighted by molar-refractivity contribution is 0.134. The maximum absolute atomic E-state index is 13.0. The summed E-state index contributed by atoms with van der Waals surface area (Å²) >= 11 is 0. The minimum absolute atomic E-state index is 0.186. The molecular formula is C22H29FN2. The number of benzene rings is 2. The molecule has 0 radical (unpaired) electrons. The molecule has 3 heteroatoms. The standard InChI is InChI=1S/C22H29FN2/c1-3-24-14-16-25(17-15-24)13-12-18(2)19-4-6-20(7-5-19)21-8-10-22(23)11-9-21/h4-11,18H,3,12-17H2,1-2H3. The molecule has 0 aromatic heterocycles. The zero-order valence-corrected chi connectivity index (χ0v) is 15.4. The fourth-order valence-corrected chi connectivity index (χ4v) is 3.52. The van der Waals surface area contributed by atoms with E-state index in [1.165, 1.54) is 63.4 Å². The maximum atomic E-state index is 13.0. The molecule has 2 nitrogen and oxygen atoms in total. The summed E-state index contributed by atoms with van der Waals surface area (Å²) in [4.78, 5) is 5.11. The number of halogens is 1. The van der Waals surface area contributed by atoms with Gasteiger partial charge < -0.3 is 9.80 Å². The summed E-state index contributed by atoms with van der Waals surface area (Å²) in [6.45, 7) is 11.7. The van der Waals surface area contributed by atoms with Crippen LogP contribution < -0.4 is 0 Å². The summed E-state index contributed by atoms with van der Waals surface area (Å²) in [7, 11) is 0. The third-order valence-corrected chi connectivity index (χ3v) is 5.45. The number of hydrogen-bond acceptors (Lipinski definition) is 2. The predicted octanol–water partition coefficient (Wildman–Crippen LogP) is 4.62. The van der Waals surface area contributed by atoms with Gasteiger partial charge in [-0.1, -0.05) is 50.2 Å². The van der Waals surface area contributed by atoms with Crippen LogP contribution in [-0.4, -0.2) is 49.1 Å². The first-order chi connectivity index (χ1) is 12.2. The van der Waals surface area contributed by atoms with Crippen LogP contribution in [0.4, 0.5) is 4.39 Å². The van der Waals surface area contributed by atoms with Crippen molar-refractivity contribution < 1.29 is 4.39 Å². The van der Waals surface area contributed by atoms with Crippen LogP contribution in [0.25, 0.3) is 11.1 Å². The van der Waals surface area contributed by atoms with E-state index in [1.54, 1.807) is 0 Å². The van der Waals surface area contributed by atoms with Gasteiger partial charge in [0, 0.05) is 26.2 Å². The topological polar surface area (TPSA) is 6.48 Å². The van der Waals surface area contributed by atoms with Crippen LogP contribution in [0.2, 0.25) is 0 Å². The van der Waals surface area contributed by atoms with Gasteiger partial charge in [0.25, 0.3) is 0 Å². The molecule has 1 unspecified atom stereocenters. The molecule has 3 rings (SSSR count). The molecule has 134 valence electrons. The lowest BCUT2D eigenvalue weighted by Crippen LogP contribution is -2.46. The lowest BCUT2D eigenvalue weighted by Gasteiger charge is -2.34. The Bertz CT molecular complexity index is 643. The number of likely N-dealkylation sites (N-methyl/N-ethyl adjacent to an activating group) is 1. The SMILES string of the molecule is CCN1CCN(CCC(C)c2ccc(-c3ccc(F)cc3)cc2)CC1. The summed E-state index contributed by atoms with van der Waals surface area (Å²) in [5.41, 5.74) is 3.60. The Labute approximate surface area is 151 Å². The second-order valence-corrected chi connectivity index (χ2v) is 7.09. The van der Waals surface area contributed by atoms with Gasteiger partial charge in [0.2, 0.25) is 0 Å². The van der Waals surface area contributed by atoms with Gasteiger partial charge in [-0.2, -0.15) is 0 Å². The smallest absolute Gasteiger partial charge is 0.123 e. The second-order valence-electron chi connectivity index (χ2n) is 7.09. The number of piperazine rings is 1. The van der Waals surface area contributed by atoms with Gasteiger partial charge in [-0.25, -0.2) is 4.39 Å². The van der Waals surface area contributed by atoms with Crippen molar-refractivity contribution in [1.82, 2.24) is 9.80 Å². The number of nitrogens with zero attached hydrogens (tertiary/aromatic N) is 2. The highest BCUT2D eigenvalue weighted by Gasteiger charge is 2.16. The lowest BCUT2D eigenvalue weighted by atomic mass is 9.95. The van der Waals surface area contributed by atoms with Gasteiger partial charge in [0.15, 0.2) is 0 Å². The molecule has 1 aliphatic rings. The summed E-state index contributed by atoms with van der Waals surface area (Å²) in [5, 5.41) is 0. The molecule has 1 saturated heterocycles. The van der Waals surface area contributed by atoms with E-state index in [2.05, 4.69) is 47.9 Å². The zero-order chi connectivity index (χ0) is 17.6. The quantitative estimate of drug-likeness (QED) is 0.757. The Balaban J connectivity index is 1.52. The minimum Gasteiger partial charge on any atom is -0.301 e. The van der Waals surface area contributed by atoms with Crippen LogP contribution in [-0.2, 0) is 0 Å². The molecular weight excluding hydrogens is 311 g/mol. The van der Waals surface area contributed by atoms with Crippen LogP contribution in [0.1, 0.15) is 31.7 Å². The molecule has 1 fully saturated rings. The molecule has 1 aliphatic heterocycles. The summed E-state index contributed by atoms with van der Waals surface area (Å²) in [5.74, 6) is 0.375. The predicted molar refractivity (Wildman–Crippen MR) is 103 cm³/mol. The monoisotopic (exact) mass is 340 g/mol. The maximum Gasteiger partial charge on any atom is 0.123 e. The van der Waals surface area contributed by atoms with Gasteiger partial charge in [0.05, 0.1) is 0 Å². The summed E-state index contributed by atoms with van der Waals surface area (Å²) < 4.78 is 13.0. The van der Waals surface area contributed by atoms with Gasteiger partial charge in [-0.05, 0) is 54.3 Å². The minimum atomic E-state index is -0.186. The normalized spacial score (nSPS) is 17.6. The second kappa shape index (κ2) is 8.59. The summed E-state index contributed by atoms with van der Waals surface area (Å²) in [6.07, 6.45) is 1.20. The van der Waals surface area contributed by atoms with Crippen molar-refractivity contribution in [2.45, 2.75) is 26.2 Å². The fraction of sp³-hybridized carbons (Fsp3) is 0.455. The van der Waals surface area contributed by atoms with Crippen molar-refractivity contribution in [3.05, 3.63) is 59.9 Å². The molecule has 0 spiro atoms. The van der Waals surface area contributed by atoms with E-state index in [4.69, 9.17) is 0 Å². The van der Waals surface area contributed by atoms with Crippen molar-refractivity contribution in [3.63, 3.8) is 0 Å². The summed E-state index contributed by atoms with van der Waals surface area (Å²) in [6, 6.07) is 15.5. The van der Waals surface area contributed by atoms with Crippen LogP contribution in [0, 0.1) is 5.82 Å². The first kappa shape index (κ1) is 18.1. The molecule has 2 aromatic rings. The van der Waals surface area contributed by atoms with Gasteiger partial charge in [-0.15, -0.1) is 0 Å². The third-order valence-electron chi connectivity index (χ3n) is 5.45. The molecule has 0 saturated carbocycles. The molecule has 0 aliphatic carbocycles. The average Bonchev–Trinajstić information content (AvgIpc) is 2.67. The van der Waals surface area contributed by atoms with E-state index < -0.39 is 0 Å². The van der Waals surface area contributed by atoms with Crippen molar-refractivity contribution in [2.24, 2.45) is 0 Å². The zero-order valence-electron chi connectivity index (χ0n) is 15.4. The highest BCUT2D eigenvalue weighted by atomic mass is 19.1. The fourth-order valence-electron chi connectivity index (χ4n) is 3.52. The Kier molecular flexibility index (Phi) is 6.22. The molecule has 0 amide bonds. The molecule has 25 heavy (non-hydrogen) atoms. The van der Waals surface area contributed by atoms with E-state index in [0.717, 1.165) is 11.1 Å². The van der Waals surface area contributed by atoms with Crippen LogP contribution in [0.15, 0.2) is 48.5 Å². The Hall–Kier alpha value is -1.71. The van der Waals surface area contributed by atoms with Crippen LogP contribution in [0.5, 0.6) is 0 Å². The highest BCUT2D eigenvalue weighted by molar-refractivity contribution is 5.63.